The van der Waals surface area contributed by atoms with Gasteiger partial charge in [0.2, 0.25) is 0 Å². The normalized spacial score (nSPS) is 16.5. The predicted molar refractivity (Wildman–Crippen MR) is 81.8 cm³/mol. The highest BCUT2D eigenvalue weighted by Crippen LogP contribution is 2.27. The Labute approximate surface area is 122 Å². The molecule has 0 atom stereocenters. The summed E-state index contributed by atoms with van der Waals surface area (Å²) in [6, 6.07) is 2.10. The zero-order chi connectivity index (χ0) is 14.4. The van der Waals surface area contributed by atoms with Crippen molar-refractivity contribution in [2.45, 2.75) is 78.2 Å². The maximum Gasteiger partial charge on any atom is 0.138 e. The molecule has 20 heavy (non-hydrogen) atoms. The number of rotatable bonds is 7. The number of carbonyl (C=O) groups is 1. The lowest BCUT2D eigenvalue weighted by Gasteiger charge is -2.20. The first-order valence-corrected chi connectivity index (χ1v) is 8.30. The van der Waals surface area contributed by atoms with Crippen LogP contribution in [0.2, 0.25) is 0 Å². The molecule has 1 fully saturated rings. The highest BCUT2D eigenvalue weighted by Gasteiger charge is 2.16. The Balaban J connectivity index is 1.82. The van der Waals surface area contributed by atoms with Gasteiger partial charge in [-0.2, -0.15) is 5.10 Å². The van der Waals surface area contributed by atoms with Crippen LogP contribution in [0.5, 0.6) is 0 Å². The molecule has 1 aromatic rings. The fourth-order valence-electron chi connectivity index (χ4n) is 3.24. The van der Waals surface area contributed by atoms with E-state index < -0.39 is 0 Å². The van der Waals surface area contributed by atoms with E-state index in [9.17, 15) is 4.79 Å². The zero-order valence-electron chi connectivity index (χ0n) is 13.0. The van der Waals surface area contributed by atoms with Crippen molar-refractivity contribution in [2.24, 2.45) is 5.92 Å². The lowest BCUT2D eigenvalue weighted by Crippen LogP contribution is -2.12. The number of hydrogen-bond acceptors (Lipinski definition) is 2. The molecule has 1 saturated carbocycles. The van der Waals surface area contributed by atoms with E-state index in [0.29, 0.717) is 12.2 Å². The third-order valence-electron chi connectivity index (χ3n) is 4.51. The number of aryl methyl sites for hydroxylation is 2. The molecule has 1 heterocycles. The number of ketones is 1. The van der Waals surface area contributed by atoms with Crippen molar-refractivity contribution in [3.05, 3.63) is 17.5 Å². The molecule has 0 aliphatic heterocycles. The van der Waals surface area contributed by atoms with E-state index in [-0.39, 0.29) is 0 Å². The van der Waals surface area contributed by atoms with Crippen molar-refractivity contribution in [2.75, 3.05) is 0 Å². The molecule has 0 saturated heterocycles. The summed E-state index contributed by atoms with van der Waals surface area (Å²) >= 11 is 0. The highest BCUT2D eigenvalue weighted by molar-refractivity contribution is 5.80. The average Bonchev–Trinajstić information content (AvgIpc) is 2.88. The second-order valence-corrected chi connectivity index (χ2v) is 6.05. The topological polar surface area (TPSA) is 34.9 Å². The summed E-state index contributed by atoms with van der Waals surface area (Å²) in [4.78, 5) is 12.2. The molecular formula is C17H28N2O. The summed E-state index contributed by atoms with van der Waals surface area (Å²) in [6.07, 6.45) is 10.1. The van der Waals surface area contributed by atoms with E-state index in [1.54, 1.807) is 0 Å². The van der Waals surface area contributed by atoms with Gasteiger partial charge in [0.25, 0.3) is 0 Å². The van der Waals surface area contributed by atoms with Crippen LogP contribution in [0.3, 0.4) is 0 Å². The van der Waals surface area contributed by atoms with Gasteiger partial charge in [0.1, 0.15) is 5.78 Å². The summed E-state index contributed by atoms with van der Waals surface area (Å²) in [5.41, 5.74) is 2.19. The van der Waals surface area contributed by atoms with E-state index >= 15 is 0 Å². The van der Waals surface area contributed by atoms with Gasteiger partial charge >= 0.3 is 0 Å². The largest absolute Gasteiger partial charge is 0.299 e. The van der Waals surface area contributed by atoms with Crippen LogP contribution >= 0.6 is 0 Å². The van der Waals surface area contributed by atoms with E-state index in [2.05, 4.69) is 25.0 Å². The standard InChI is InChI=1S/C17H28N2O/c1-3-15-12-16(19(4-2)18-15)13-17(20)11-10-14-8-6-5-7-9-14/h12,14H,3-11,13H2,1-2H3. The molecule has 0 radical (unpaired) electrons. The van der Waals surface area contributed by atoms with Crippen LogP contribution in [0.25, 0.3) is 0 Å². The van der Waals surface area contributed by atoms with Crippen molar-refractivity contribution in [1.29, 1.82) is 0 Å². The summed E-state index contributed by atoms with van der Waals surface area (Å²) in [7, 11) is 0. The fourth-order valence-corrected chi connectivity index (χ4v) is 3.24. The smallest absolute Gasteiger partial charge is 0.138 e. The molecule has 112 valence electrons. The van der Waals surface area contributed by atoms with Gasteiger partial charge in [-0.05, 0) is 31.7 Å². The Kier molecular flexibility index (Phi) is 5.81. The van der Waals surface area contributed by atoms with Gasteiger partial charge in [0, 0.05) is 25.1 Å². The number of nitrogens with zero attached hydrogens (tertiary/aromatic N) is 2. The molecule has 0 aromatic carbocycles. The molecule has 3 nitrogen and oxygen atoms in total. The zero-order valence-corrected chi connectivity index (χ0v) is 13.0. The molecule has 0 spiro atoms. The number of carbonyl (C=O) groups excluding carboxylic acids is 1. The molecule has 0 amide bonds. The molecule has 1 aliphatic carbocycles. The maximum absolute atomic E-state index is 12.2. The van der Waals surface area contributed by atoms with Crippen molar-refractivity contribution < 1.29 is 4.79 Å². The van der Waals surface area contributed by atoms with Gasteiger partial charge in [-0.25, -0.2) is 0 Å². The SMILES string of the molecule is CCc1cc(CC(=O)CCC2CCCCC2)n(CC)n1. The number of aromatic nitrogens is 2. The third kappa shape index (κ3) is 4.19. The minimum Gasteiger partial charge on any atom is -0.299 e. The van der Waals surface area contributed by atoms with Gasteiger partial charge in [-0.1, -0.05) is 39.0 Å². The predicted octanol–water partition coefficient (Wildman–Crippen LogP) is 3.94. The van der Waals surface area contributed by atoms with Gasteiger partial charge in [-0.15, -0.1) is 0 Å². The first-order chi connectivity index (χ1) is 9.72. The van der Waals surface area contributed by atoms with Crippen molar-refractivity contribution >= 4 is 5.78 Å². The second-order valence-electron chi connectivity index (χ2n) is 6.05. The maximum atomic E-state index is 12.2. The van der Waals surface area contributed by atoms with Gasteiger partial charge in [0.15, 0.2) is 0 Å². The van der Waals surface area contributed by atoms with Crippen LogP contribution in [0.4, 0.5) is 0 Å². The van der Waals surface area contributed by atoms with Crippen LogP contribution in [0.15, 0.2) is 6.07 Å². The summed E-state index contributed by atoms with van der Waals surface area (Å²) in [5, 5.41) is 4.51. The van der Waals surface area contributed by atoms with Crippen LogP contribution < -0.4 is 0 Å². The lowest BCUT2D eigenvalue weighted by atomic mass is 9.85. The molecule has 0 unspecified atom stereocenters. The summed E-state index contributed by atoms with van der Waals surface area (Å²) < 4.78 is 1.98. The average molecular weight is 276 g/mol. The van der Waals surface area contributed by atoms with E-state index in [0.717, 1.165) is 43.1 Å². The van der Waals surface area contributed by atoms with Crippen molar-refractivity contribution in [1.82, 2.24) is 9.78 Å². The van der Waals surface area contributed by atoms with Crippen LogP contribution in [-0.2, 0) is 24.2 Å². The van der Waals surface area contributed by atoms with Crippen molar-refractivity contribution in [3.8, 4) is 0 Å². The highest BCUT2D eigenvalue weighted by atomic mass is 16.1. The quantitative estimate of drug-likeness (QED) is 0.756. The third-order valence-corrected chi connectivity index (χ3v) is 4.51. The summed E-state index contributed by atoms with van der Waals surface area (Å²) in [6.45, 7) is 5.05. The fraction of sp³-hybridized carbons (Fsp3) is 0.765. The summed E-state index contributed by atoms with van der Waals surface area (Å²) in [5.74, 6) is 1.18. The van der Waals surface area contributed by atoms with Crippen LogP contribution in [-0.4, -0.2) is 15.6 Å². The molecule has 3 heteroatoms. The van der Waals surface area contributed by atoms with Crippen LogP contribution in [0, 0.1) is 5.92 Å². The minimum absolute atomic E-state index is 0.382. The molecule has 0 N–H and O–H groups in total. The molecule has 0 bridgehead atoms. The van der Waals surface area contributed by atoms with E-state index in [1.165, 1.54) is 32.1 Å². The lowest BCUT2D eigenvalue weighted by molar-refractivity contribution is -0.118. The Morgan fingerprint density at radius 3 is 2.70 bits per heavy atom. The first-order valence-electron chi connectivity index (χ1n) is 8.30. The molecule has 2 rings (SSSR count). The second kappa shape index (κ2) is 7.61. The Morgan fingerprint density at radius 2 is 2.05 bits per heavy atom. The molecule has 1 aliphatic rings. The van der Waals surface area contributed by atoms with Gasteiger partial charge < -0.3 is 0 Å². The number of hydrogen-bond donors (Lipinski definition) is 0. The first kappa shape index (κ1) is 15.3. The Morgan fingerprint density at radius 1 is 1.30 bits per heavy atom. The Hall–Kier alpha value is -1.12. The van der Waals surface area contributed by atoms with Crippen molar-refractivity contribution in [3.63, 3.8) is 0 Å². The Bertz CT molecular complexity index is 430. The monoisotopic (exact) mass is 276 g/mol. The minimum atomic E-state index is 0.382. The van der Waals surface area contributed by atoms with Gasteiger partial charge in [0.05, 0.1) is 5.69 Å². The van der Waals surface area contributed by atoms with Gasteiger partial charge in [-0.3, -0.25) is 9.48 Å². The molecule has 1 aromatic heterocycles. The van der Waals surface area contributed by atoms with Crippen LogP contribution in [0.1, 0.15) is 70.2 Å². The van der Waals surface area contributed by atoms with E-state index in [1.807, 2.05) is 4.68 Å². The number of Topliss-reactive ketones (excluding diaryl/α,β-unsaturated/α-hetero) is 1. The van der Waals surface area contributed by atoms with E-state index in [4.69, 9.17) is 0 Å². The molecular weight excluding hydrogens is 248 g/mol.